The summed E-state index contributed by atoms with van der Waals surface area (Å²) in [5.74, 6) is 0.149. The fourth-order valence-corrected chi connectivity index (χ4v) is 13.0. The Morgan fingerprint density at radius 3 is 1.95 bits per heavy atom. The zero-order valence-electron chi connectivity index (χ0n) is 14.8. The first-order valence-corrected chi connectivity index (χ1v) is 9.97. The van der Waals surface area contributed by atoms with E-state index < -0.39 is 8.07 Å². The van der Waals surface area contributed by atoms with Crippen LogP contribution in [0.15, 0.2) is 11.6 Å². The Bertz CT molecular complexity index is 396. The van der Waals surface area contributed by atoms with Crippen molar-refractivity contribution in [3.05, 3.63) is 11.6 Å². The van der Waals surface area contributed by atoms with Crippen LogP contribution in [0.3, 0.4) is 0 Å². The number of carbonyl (C=O) groups excluding carboxylic acids is 1. The van der Waals surface area contributed by atoms with Crippen LogP contribution in [-0.4, -0.2) is 21.2 Å². The molecule has 3 heteroatoms. The van der Waals surface area contributed by atoms with E-state index in [4.69, 9.17) is 4.74 Å². The van der Waals surface area contributed by atoms with Crippen molar-refractivity contribution in [3.8, 4) is 0 Å². The van der Waals surface area contributed by atoms with Crippen molar-refractivity contribution < 1.29 is 9.53 Å². The molecule has 116 valence electrons. The summed E-state index contributed by atoms with van der Waals surface area (Å²) in [6, 6.07) is 1.08. The molecule has 0 fully saturated rings. The highest BCUT2D eigenvalue weighted by Gasteiger charge is 2.58. The molecular weight excluding hydrogens is 264 g/mol. The lowest BCUT2D eigenvalue weighted by molar-refractivity contribution is -0.136. The van der Waals surface area contributed by atoms with Crippen molar-refractivity contribution in [2.45, 2.75) is 77.1 Å². The molecule has 2 atom stereocenters. The number of carbonyl (C=O) groups is 1. The number of methoxy groups -OCH3 is 1. The number of esters is 1. The Morgan fingerprint density at radius 2 is 1.60 bits per heavy atom. The molecule has 0 aromatic carbocycles. The zero-order chi connectivity index (χ0) is 15.9. The summed E-state index contributed by atoms with van der Waals surface area (Å²) in [7, 11) is -0.157. The van der Waals surface area contributed by atoms with E-state index in [1.54, 1.807) is 0 Å². The zero-order valence-corrected chi connectivity index (χ0v) is 15.8. The van der Waals surface area contributed by atoms with Gasteiger partial charge in [0.05, 0.1) is 15.2 Å². The summed E-state index contributed by atoms with van der Waals surface area (Å²) in [6.07, 6.45) is 2.19. The Hall–Kier alpha value is -0.573. The van der Waals surface area contributed by atoms with Gasteiger partial charge in [-0.2, -0.15) is 0 Å². The molecule has 1 aliphatic rings. The van der Waals surface area contributed by atoms with E-state index in [0.717, 1.165) is 11.6 Å². The fraction of sp³-hybridized carbons (Fsp3) is 0.824. The van der Waals surface area contributed by atoms with Crippen LogP contribution in [0.4, 0.5) is 0 Å². The van der Waals surface area contributed by atoms with Crippen molar-refractivity contribution in [1.29, 1.82) is 0 Å². The lowest BCUT2D eigenvalue weighted by atomic mass is 9.97. The SMILES string of the molecule is COC(=O)C1=CC[Si](C(C)(C)C)(C(C)(C)C)[C@H](C)[C@@H]1C. The van der Waals surface area contributed by atoms with Gasteiger partial charge in [-0.05, 0) is 27.6 Å². The predicted molar refractivity (Wildman–Crippen MR) is 88.7 cm³/mol. The van der Waals surface area contributed by atoms with Gasteiger partial charge in [-0.3, -0.25) is 0 Å². The summed E-state index contributed by atoms with van der Waals surface area (Å²) >= 11 is 0. The average Bonchev–Trinajstić information content (AvgIpc) is 2.28. The highest BCUT2D eigenvalue weighted by atomic mass is 28.3. The Balaban J connectivity index is 3.40. The molecule has 0 bridgehead atoms. The minimum absolute atomic E-state index is 0.144. The maximum atomic E-state index is 12.0. The van der Waals surface area contributed by atoms with Gasteiger partial charge in [-0.1, -0.05) is 61.5 Å². The summed E-state index contributed by atoms with van der Waals surface area (Å²) < 4.78 is 4.96. The lowest BCUT2D eigenvalue weighted by Crippen LogP contribution is -2.57. The molecule has 1 aliphatic heterocycles. The van der Waals surface area contributed by atoms with E-state index in [0.29, 0.717) is 21.5 Å². The second-order valence-electron chi connectivity index (χ2n) is 8.40. The number of allylic oxidation sites excluding steroid dienone is 1. The molecule has 1 heterocycles. The Morgan fingerprint density at radius 1 is 1.15 bits per heavy atom. The number of hydrogen-bond acceptors (Lipinski definition) is 2. The lowest BCUT2D eigenvalue weighted by Gasteiger charge is -2.58. The van der Waals surface area contributed by atoms with E-state index in [9.17, 15) is 4.79 Å². The third-order valence-electron chi connectivity index (χ3n) is 5.76. The van der Waals surface area contributed by atoms with Gasteiger partial charge in [-0.15, -0.1) is 0 Å². The van der Waals surface area contributed by atoms with E-state index in [-0.39, 0.29) is 5.97 Å². The standard InChI is InChI=1S/C17H32O2Si/c1-12-13(2)20(16(3,4)5,17(6,7)8)11-10-14(12)15(18)19-9/h10,12-13H,11H2,1-9H3/t12-,13+/m0/s1. The topological polar surface area (TPSA) is 26.3 Å². The van der Waals surface area contributed by atoms with Gasteiger partial charge >= 0.3 is 5.97 Å². The van der Waals surface area contributed by atoms with Gasteiger partial charge in [0.25, 0.3) is 0 Å². The van der Waals surface area contributed by atoms with Gasteiger partial charge in [0.1, 0.15) is 0 Å². The van der Waals surface area contributed by atoms with Crippen molar-refractivity contribution >= 4 is 14.0 Å². The monoisotopic (exact) mass is 296 g/mol. The van der Waals surface area contributed by atoms with E-state index in [2.05, 4.69) is 61.5 Å². The fourth-order valence-electron chi connectivity index (χ4n) is 4.83. The van der Waals surface area contributed by atoms with Crippen LogP contribution >= 0.6 is 0 Å². The number of ether oxygens (including phenoxy) is 1. The van der Waals surface area contributed by atoms with E-state index >= 15 is 0 Å². The Kier molecular flexibility index (Phi) is 4.65. The van der Waals surface area contributed by atoms with E-state index in [1.807, 2.05) is 0 Å². The van der Waals surface area contributed by atoms with Crippen molar-refractivity contribution in [2.24, 2.45) is 5.92 Å². The van der Waals surface area contributed by atoms with Crippen LogP contribution in [-0.2, 0) is 9.53 Å². The molecular formula is C17H32O2Si. The van der Waals surface area contributed by atoms with Crippen LogP contribution in [0.1, 0.15) is 55.4 Å². The minimum atomic E-state index is -1.64. The molecule has 0 N–H and O–H groups in total. The van der Waals surface area contributed by atoms with Crippen LogP contribution < -0.4 is 0 Å². The first-order valence-electron chi connectivity index (χ1n) is 7.68. The van der Waals surface area contributed by atoms with Crippen LogP contribution in [0.5, 0.6) is 0 Å². The summed E-state index contributed by atoms with van der Waals surface area (Å²) in [4.78, 5) is 12.0. The van der Waals surface area contributed by atoms with E-state index in [1.165, 1.54) is 7.11 Å². The largest absolute Gasteiger partial charge is 0.466 e. The third-order valence-corrected chi connectivity index (χ3v) is 14.0. The van der Waals surface area contributed by atoms with Crippen LogP contribution in [0, 0.1) is 5.92 Å². The molecule has 0 spiro atoms. The maximum Gasteiger partial charge on any atom is 0.333 e. The minimum Gasteiger partial charge on any atom is -0.466 e. The molecule has 0 radical (unpaired) electrons. The molecule has 0 saturated carbocycles. The molecule has 0 aromatic rings. The molecule has 0 amide bonds. The smallest absolute Gasteiger partial charge is 0.333 e. The highest BCUT2D eigenvalue weighted by molar-refractivity contribution is 6.87. The first kappa shape index (κ1) is 17.5. The second kappa shape index (κ2) is 5.32. The molecule has 0 aliphatic carbocycles. The molecule has 0 saturated heterocycles. The molecule has 0 unspecified atom stereocenters. The third kappa shape index (κ3) is 2.49. The first-order chi connectivity index (χ1) is 8.90. The molecule has 20 heavy (non-hydrogen) atoms. The van der Waals surface area contributed by atoms with Crippen LogP contribution in [0.2, 0.25) is 21.7 Å². The van der Waals surface area contributed by atoms with Crippen molar-refractivity contribution in [3.63, 3.8) is 0 Å². The van der Waals surface area contributed by atoms with Gasteiger partial charge in [-0.25, -0.2) is 4.79 Å². The summed E-state index contributed by atoms with van der Waals surface area (Å²) in [5.41, 5.74) is 1.46. The van der Waals surface area contributed by atoms with Crippen molar-refractivity contribution in [2.75, 3.05) is 7.11 Å². The summed E-state index contributed by atoms with van der Waals surface area (Å²) in [5, 5.41) is 0.633. The highest BCUT2D eigenvalue weighted by Crippen LogP contribution is 2.63. The quantitative estimate of drug-likeness (QED) is 0.492. The van der Waals surface area contributed by atoms with Gasteiger partial charge in [0.2, 0.25) is 0 Å². The second-order valence-corrected chi connectivity index (χ2v) is 14.7. The molecule has 0 aromatic heterocycles. The van der Waals surface area contributed by atoms with Gasteiger partial charge < -0.3 is 4.74 Å². The van der Waals surface area contributed by atoms with Crippen molar-refractivity contribution in [1.82, 2.24) is 0 Å². The van der Waals surface area contributed by atoms with Gasteiger partial charge in [0.15, 0.2) is 0 Å². The normalized spacial score (nSPS) is 26.9. The summed E-state index contributed by atoms with van der Waals surface area (Å²) in [6.45, 7) is 18.9. The van der Waals surface area contributed by atoms with Crippen LogP contribution in [0.25, 0.3) is 0 Å². The average molecular weight is 297 g/mol. The number of rotatable bonds is 1. The Labute approximate surface area is 126 Å². The molecule has 1 rings (SSSR count). The number of hydrogen-bond donors (Lipinski definition) is 0. The maximum absolute atomic E-state index is 12.0. The molecule has 2 nitrogen and oxygen atoms in total. The van der Waals surface area contributed by atoms with Gasteiger partial charge in [0, 0.05) is 5.57 Å². The predicted octanol–water partition coefficient (Wildman–Crippen LogP) is 5.17.